The van der Waals surface area contributed by atoms with E-state index in [1.807, 2.05) is 0 Å². The molecule has 3 rings (SSSR count). The zero-order valence-electron chi connectivity index (χ0n) is 21.7. The Kier molecular flexibility index (Phi) is 7.54. The standard InChI is InChI=1S/C23H39N3O6Si2/c1-14(2)33(15(3)4)29-12-18-20(31-34(32-33,16(5)6)17(7)8)23(9,13-24)21(30-18)26-11-10-19(27)25-22(26)28/h10-11,14-18,20-21H,12H2,1-9H3,(H,25,27,28)/t18-,20-,21-,23-/m1/s1. The van der Waals surface area contributed by atoms with Crippen molar-refractivity contribution >= 4 is 17.1 Å². The Balaban J connectivity index is 2.19. The molecule has 2 aliphatic rings. The Morgan fingerprint density at radius 1 is 1.06 bits per heavy atom. The number of fused-ring (bicyclic) bond motifs is 1. The SMILES string of the molecule is CC(C)[Si]1(C(C)C)OC[C@H]2O[C@@H](n3ccc(=O)[nH]c3=O)[C@](C)(C#N)[C@@H]2O[Si](C(C)C)(C(C)C)O1. The Hall–Kier alpha value is -1.56. The van der Waals surface area contributed by atoms with E-state index in [-0.39, 0.29) is 28.8 Å². The Morgan fingerprint density at radius 2 is 1.62 bits per heavy atom. The van der Waals surface area contributed by atoms with E-state index in [2.05, 4.69) is 66.4 Å². The summed E-state index contributed by atoms with van der Waals surface area (Å²) in [6.45, 7) is 19.0. The third-order valence-electron chi connectivity index (χ3n) is 7.41. The van der Waals surface area contributed by atoms with Gasteiger partial charge in [-0.2, -0.15) is 5.26 Å². The molecule has 0 unspecified atom stereocenters. The predicted octanol–water partition coefficient (Wildman–Crippen LogP) is 3.92. The van der Waals surface area contributed by atoms with Crippen LogP contribution in [0.1, 0.15) is 68.5 Å². The minimum atomic E-state index is -2.96. The summed E-state index contributed by atoms with van der Waals surface area (Å²) in [7, 11) is -5.72. The summed E-state index contributed by atoms with van der Waals surface area (Å²) in [5.74, 6) is 0. The highest BCUT2D eigenvalue weighted by Gasteiger charge is 2.65. The Bertz CT molecular complexity index is 1030. The minimum Gasteiger partial charge on any atom is -0.414 e. The first-order valence-electron chi connectivity index (χ1n) is 12.1. The molecule has 4 atom stereocenters. The second-order valence-corrected chi connectivity index (χ2v) is 19.8. The van der Waals surface area contributed by atoms with Crippen LogP contribution >= 0.6 is 0 Å². The van der Waals surface area contributed by atoms with Crippen LogP contribution in [0.15, 0.2) is 21.9 Å². The molecule has 0 aliphatic carbocycles. The molecule has 34 heavy (non-hydrogen) atoms. The van der Waals surface area contributed by atoms with Gasteiger partial charge in [0.25, 0.3) is 5.56 Å². The number of aromatic nitrogens is 2. The number of nitrogens with one attached hydrogen (secondary N) is 1. The first kappa shape index (κ1) is 27.0. The van der Waals surface area contributed by atoms with Crippen molar-refractivity contribution in [3.8, 4) is 6.07 Å². The van der Waals surface area contributed by atoms with Gasteiger partial charge in [0.1, 0.15) is 11.5 Å². The van der Waals surface area contributed by atoms with Gasteiger partial charge >= 0.3 is 22.8 Å². The molecule has 0 saturated carbocycles. The number of H-pyrrole nitrogens is 1. The van der Waals surface area contributed by atoms with Crippen molar-refractivity contribution in [3.63, 3.8) is 0 Å². The Labute approximate surface area is 203 Å². The fourth-order valence-corrected chi connectivity index (χ4v) is 16.7. The number of aromatic amines is 1. The summed E-state index contributed by atoms with van der Waals surface area (Å²) >= 11 is 0. The highest BCUT2D eigenvalue weighted by atomic mass is 28.5. The van der Waals surface area contributed by atoms with Crippen molar-refractivity contribution in [2.24, 2.45) is 5.41 Å². The molecule has 0 spiro atoms. The van der Waals surface area contributed by atoms with E-state index in [0.29, 0.717) is 0 Å². The topological polar surface area (TPSA) is 116 Å². The molecule has 3 heterocycles. The molecule has 0 amide bonds. The lowest BCUT2D eigenvalue weighted by molar-refractivity contribution is -0.0582. The summed E-state index contributed by atoms with van der Waals surface area (Å²) in [5.41, 5.74) is -1.80. The summed E-state index contributed by atoms with van der Waals surface area (Å²) in [4.78, 5) is 26.5. The van der Waals surface area contributed by atoms with Gasteiger partial charge in [-0.3, -0.25) is 14.3 Å². The molecular weight excluding hydrogens is 470 g/mol. The van der Waals surface area contributed by atoms with Crippen LogP contribution in [0, 0.1) is 16.7 Å². The second-order valence-electron chi connectivity index (χ2n) is 11.0. The van der Waals surface area contributed by atoms with Crippen LogP contribution in [0.3, 0.4) is 0 Å². The molecule has 1 aromatic heterocycles. The average Bonchev–Trinajstić information content (AvgIpc) is 2.98. The molecule has 2 fully saturated rings. The number of rotatable bonds is 5. The van der Waals surface area contributed by atoms with Crippen LogP contribution in [0.2, 0.25) is 22.2 Å². The van der Waals surface area contributed by atoms with Crippen LogP contribution in [0.5, 0.6) is 0 Å². The van der Waals surface area contributed by atoms with Crippen molar-refractivity contribution in [2.45, 2.75) is 103 Å². The normalized spacial score (nSPS) is 30.9. The van der Waals surface area contributed by atoms with Crippen molar-refractivity contribution in [2.75, 3.05) is 6.61 Å². The lowest BCUT2D eigenvalue weighted by Gasteiger charge is -2.52. The van der Waals surface area contributed by atoms with Gasteiger partial charge in [0.05, 0.1) is 18.8 Å². The molecule has 0 aromatic carbocycles. The van der Waals surface area contributed by atoms with Gasteiger partial charge in [-0.05, 0) is 29.1 Å². The zero-order valence-corrected chi connectivity index (χ0v) is 23.7. The maximum absolute atomic E-state index is 12.6. The molecule has 2 aliphatic heterocycles. The number of nitriles is 1. The predicted molar refractivity (Wildman–Crippen MR) is 133 cm³/mol. The lowest BCUT2D eigenvalue weighted by Crippen LogP contribution is -2.66. The van der Waals surface area contributed by atoms with Crippen LogP contribution in [-0.4, -0.2) is 45.5 Å². The third-order valence-corrected chi connectivity index (χ3v) is 17.6. The summed E-state index contributed by atoms with van der Waals surface area (Å²) in [6.07, 6.45) is -0.802. The van der Waals surface area contributed by atoms with E-state index in [1.165, 1.54) is 16.8 Å². The maximum Gasteiger partial charge on any atom is 0.335 e. The largest absolute Gasteiger partial charge is 0.414 e. The van der Waals surface area contributed by atoms with Gasteiger partial charge in [-0.15, -0.1) is 0 Å². The quantitative estimate of drug-likeness (QED) is 0.598. The summed E-state index contributed by atoms with van der Waals surface area (Å²) in [6, 6.07) is 3.63. The van der Waals surface area contributed by atoms with E-state index >= 15 is 0 Å². The van der Waals surface area contributed by atoms with Gasteiger partial charge in [-0.25, -0.2) is 4.79 Å². The fourth-order valence-electron chi connectivity index (χ4n) is 5.44. The van der Waals surface area contributed by atoms with Crippen LogP contribution in [0.4, 0.5) is 0 Å². The smallest absolute Gasteiger partial charge is 0.335 e. The maximum atomic E-state index is 12.6. The summed E-state index contributed by atoms with van der Waals surface area (Å²) < 4.78 is 28.6. The molecule has 2 saturated heterocycles. The van der Waals surface area contributed by atoms with Crippen molar-refractivity contribution in [1.29, 1.82) is 5.26 Å². The van der Waals surface area contributed by atoms with Crippen LogP contribution < -0.4 is 11.2 Å². The van der Waals surface area contributed by atoms with E-state index in [9.17, 15) is 14.9 Å². The van der Waals surface area contributed by atoms with Crippen molar-refractivity contribution in [3.05, 3.63) is 33.1 Å². The molecule has 0 bridgehead atoms. The average molecular weight is 510 g/mol. The molecular formula is C23H39N3O6Si2. The fraction of sp³-hybridized carbons (Fsp3) is 0.783. The van der Waals surface area contributed by atoms with Gasteiger partial charge in [0, 0.05) is 12.3 Å². The minimum absolute atomic E-state index is 0.0945. The highest BCUT2D eigenvalue weighted by Crippen LogP contribution is 2.53. The number of ether oxygens (including phenoxy) is 1. The van der Waals surface area contributed by atoms with Gasteiger partial charge in [0.15, 0.2) is 6.23 Å². The van der Waals surface area contributed by atoms with Crippen LogP contribution in [-0.2, 0) is 17.7 Å². The van der Waals surface area contributed by atoms with Gasteiger partial charge < -0.3 is 17.7 Å². The summed E-state index contributed by atoms with van der Waals surface area (Å²) in [5, 5.41) is 10.4. The third kappa shape index (κ3) is 4.18. The number of hydrogen-bond acceptors (Lipinski definition) is 7. The monoisotopic (exact) mass is 509 g/mol. The molecule has 9 nitrogen and oxygen atoms in total. The first-order valence-corrected chi connectivity index (χ1v) is 16.1. The van der Waals surface area contributed by atoms with Gasteiger partial charge in [0.2, 0.25) is 0 Å². The van der Waals surface area contributed by atoms with E-state index < -0.39 is 52.2 Å². The molecule has 190 valence electrons. The number of nitrogens with zero attached hydrogens (tertiary/aromatic N) is 2. The van der Waals surface area contributed by atoms with E-state index in [4.69, 9.17) is 17.7 Å². The number of hydrogen-bond donors (Lipinski definition) is 1. The van der Waals surface area contributed by atoms with Crippen molar-refractivity contribution in [1.82, 2.24) is 9.55 Å². The van der Waals surface area contributed by atoms with Crippen LogP contribution in [0.25, 0.3) is 0 Å². The van der Waals surface area contributed by atoms with Gasteiger partial charge in [-0.1, -0.05) is 55.4 Å². The lowest BCUT2D eigenvalue weighted by atomic mass is 9.84. The molecule has 11 heteroatoms. The molecule has 1 N–H and O–H groups in total. The van der Waals surface area contributed by atoms with E-state index in [1.54, 1.807) is 6.92 Å². The molecule has 1 aromatic rings. The highest BCUT2D eigenvalue weighted by molar-refractivity contribution is 6.84. The van der Waals surface area contributed by atoms with E-state index in [0.717, 1.165) is 0 Å². The van der Waals surface area contributed by atoms with Crippen molar-refractivity contribution < 1.29 is 17.7 Å². The zero-order chi connectivity index (χ0) is 25.6. The first-order chi connectivity index (χ1) is 15.7. The second kappa shape index (κ2) is 9.48. The Morgan fingerprint density at radius 3 is 2.09 bits per heavy atom. The molecule has 0 radical (unpaired) electrons.